The number of carboxylic acid groups (broad SMARTS) is 1. The number of Topliss-reactive ketones (excluding diaryl/α,β-unsaturated/α-hetero) is 1. The molecule has 0 aliphatic carbocycles. The van der Waals surface area contributed by atoms with Crippen LogP contribution < -0.4 is 15.5 Å². The van der Waals surface area contributed by atoms with Crippen molar-refractivity contribution in [2.24, 2.45) is 11.7 Å². The fraction of sp³-hybridized carbons (Fsp3) is 0.467. The first kappa shape index (κ1) is 36.9. The summed E-state index contributed by atoms with van der Waals surface area (Å²) >= 11 is 0. The van der Waals surface area contributed by atoms with Crippen LogP contribution in [-0.4, -0.2) is 68.9 Å². The molecule has 0 radical (unpaired) electrons. The van der Waals surface area contributed by atoms with Crippen molar-refractivity contribution in [1.82, 2.24) is 9.97 Å². The van der Waals surface area contributed by atoms with Crippen LogP contribution in [0.5, 0.6) is 0 Å². The molecule has 2 aromatic heterocycles. The van der Waals surface area contributed by atoms with Crippen LogP contribution in [0.3, 0.4) is 0 Å². The number of hydrogen-bond donors (Lipinski definition) is 2. The van der Waals surface area contributed by atoms with Gasteiger partial charge in [0.25, 0.3) is 0 Å². The van der Waals surface area contributed by atoms with E-state index >= 15 is 0 Å². The minimum absolute atomic E-state index is 0. The highest BCUT2D eigenvalue weighted by molar-refractivity contribution is 5.95. The number of anilines is 2. The maximum absolute atomic E-state index is 11.6. The molecule has 3 N–H and O–H groups in total. The standard InChI is InChI=1S/C15H17N3O3.C10H14N4O2.C4H4O2.CH4/c1-2-4-14(19)9-12-5-3-8-17(11-12)13-6-7-16-15(10-13)18(20)21;11-8-2-1-5-13(7-8)9-3-4-12-10(6-9)14(15)16;1-2-3-4(5)6;/h6-7,10,12H,3,5,8-9,11H2,1H3;3-4,6,8H,1-2,5,7,11H2;1H3,(H,5,6);1H4/t12-;8-;;/m01../s1. The van der Waals surface area contributed by atoms with Gasteiger partial charge in [-0.05, 0) is 71.2 Å². The Kier molecular flexibility index (Phi) is 16.1. The van der Waals surface area contributed by atoms with Crippen molar-refractivity contribution in [2.75, 3.05) is 36.0 Å². The van der Waals surface area contributed by atoms with Gasteiger partial charge in [0.05, 0.1) is 12.1 Å². The van der Waals surface area contributed by atoms with Gasteiger partial charge in [-0.1, -0.05) is 19.3 Å². The minimum atomic E-state index is -1.07. The van der Waals surface area contributed by atoms with Crippen molar-refractivity contribution in [3.05, 3.63) is 56.9 Å². The summed E-state index contributed by atoms with van der Waals surface area (Å²) < 4.78 is 0. The molecule has 4 rings (SSSR count). The van der Waals surface area contributed by atoms with Gasteiger partial charge in [-0.2, -0.15) is 0 Å². The number of carboxylic acids is 1. The highest BCUT2D eigenvalue weighted by Crippen LogP contribution is 2.27. The molecule has 0 amide bonds. The molecule has 0 spiro atoms. The molecule has 0 unspecified atom stereocenters. The van der Waals surface area contributed by atoms with Gasteiger partial charge in [0.1, 0.15) is 12.4 Å². The first-order chi connectivity index (χ1) is 20.5. The first-order valence-corrected chi connectivity index (χ1v) is 13.6. The summed E-state index contributed by atoms with van der Waals surface area (Å²) in [6, 6.07) is 6.68. The van der Waals surface area contributed by atoms with Crippen LogP contribution in [0, 0.1) is 49.8 Å². The van der Waals surface area contributed by atoms with Crippen LogP contribution in [0.4, 0.5) is 23.0 Å². The predicted octanol–water partition coefficient (Wildman–Crippen LogP) is 3.84. The summed E-state index contributed by atoms with van der Waals surface area (Å²) in [5.74, 6) is 8.16. The fourth-order valence-corrected chi connectivity index (χ4v) is 4.68. The number of carbonyl (C=O) groups is 2. The lowest BCUT2D eigenvalue weighted by molar-refractivity contribution is -0.389. The molecule has 236 valence electrons. The monoisotopic (exact) mass is 609 g/mol. The largest absolute Gasteiger partial charge is 0.472 e. The molecule has 2 aliphatic rings. The van der Waals surface area contributed by atoms with Crippen LogP contribution in [0.25, 0.3) is 0 Å². The Labute approximate surface area is 257 Å². The van der Waals surface area contributed by atoms with Crippen molar-refractivity contribution >= 4 is 34.8 Å². The number of nitrogens with two attached hydrogens (primary N) is 1. The number of ketones is 1. The van der Waals surface area contributed by atoms with Crippen molar-refractivity contribution in [2.45, 2.75) is 59.4 Å². The van der Waals surface area contributed by atoms with E-state index in [4.69, 9.17) is 10.8 Å². The van der Waals surface area contributed by atoms with Gasteiger partial charge < -0.3 is 40.9 Å². The number of piperidine rings is 2. The third kappa shape index (κ3) is 12.8. The summed E-state index contributed by atoms with van der Waals surface area (Å²) in [6.07, 6.45) is 7.36. The highest BCUT2D eigenvalue weighted by Gasteiger charge is 2.23. The molecule has 44 heavy (non-hydrogen) atoms. The molecule has 14 nitrogen and oxygen atoms in total. The molecule has 2 aromatic rings. The smallest absolute Gasteiger partial charge is 0.381 e. The maximum Gasteiger partial charge on any atom is 0.381 e. The second-order valence-corrected chi connectivity index (χ2v) is 9.74. The zero-order chi connectivity index (χ0) is 31.8. The number of aliphatic carboxylic acids is 1. The summed E-state index contributed by atoms with van der Waals surface area (Å²) in [5, 5.41) is 29.1. The van der Waals surface area contributed by atoms with E-state index in [-0.39, 0.29) is 36.8 Å². The van der Waals surface area contributed by atoms with E-state index in [1.165, 1.54) is 31.5 Å². The number of hydrogen-bond acceptors (Lipinski definition) is 11. The molecule has 2 aliphatic heterocycles. The Bertz CT molecular complexity index is 1410. The number of carbonyl (C=O) groups excluding carboxylic acids is 1. The average molecular weight is 610 g/mol. The molecule has 0 bridgehead atoms. The molecule has 0 aromatic carbocycles. The third-order valence-electron chi connectivity index (χ3n) is 6.51. The second-order valence-electron chi connectivity index (χ2n) is 9.74. The van der Waals surface area contributed by atoms with E-state index < -0.39 is 15.8 Å². The van der Waals surface area contributed by atoms with Gasteiger partial charge in [0.2, 0.25) is 5.78 Å². The number of nitro groups is 2. The van der Waals surface area contributed by atoms with Crippen LogP contribution in [0.15, 0.2) is 36.7 Å². The van der Waals surface area contributed by atoms with Gasteiger partial charge in [0, 0.05) is 68.1 Å². The molecule has 4 heterocycles. The molecular weight excluding hydrogens is 570 g/mol. The van der Waals surface area contributed by atoms with Crippen molar-refractivity contribution in [3.63, 3.8) is 0 Å². The third-order valence-corrected chi connectivity index (χ3v) is 6.51. The normalized spacial score (nSPS) is 16.8. The van der Waals surface area contributed by atoms with Gasteiger partial charge in [-0.3, -0.25) is 4.79 Å². The Balaban J connectivity index is 0.000000373. The van der Waals surface area contributed by atoms with Crippen molar-refractivity contribution in [3.8, 4) is 23.7 Å². The van der Waals surface area contributed by atoms with Crippen molar-refractivity contribution < 1.29 is 24.5 Å². The molecule has 2 fully saturated rings. The second kappa shape index (κ2) is 19.2. The number of nitrogens with zero attached hydrogens (tertiary/aromatic N) is 6. The van der Waals surface area contributed by atoms with E-state index in [1.54, 1.807) is 19.1 Å². The van der Waals surface area contributed by atoms with Gasteiger partial charge in [0.15, 0.2) is 0 Å². The van der Waals surface area contributed by atoms with Gasteiger partial charge in [-0.25, -0.2) is 4.79 Å². The van der Waals surface area contributed by atoms with Crippen LogP contribution in [-0.2, 0) is 9.59 Å². The lowest BCUT2D eigenvalue weighted by atomic mass is 9.92. The molecular formula is C30H39N7O7. The van der Waals surface area contributed by atoms with Gasteiger partial charge >= 0.3 is 17.6 Å². The maximum atomic E-state index is 11.6. The number of rotatable bonds is 6. The summed E-state index contributed by atoms with van der Waals surface area (Å²) in [7, 11) is 0. The Morgan fingerprint density at radius 2 is 1.43 bits per heavy atom. The SMILES string of the molecule is C.CC#CC(=O)C[C@@H]1CCCN(c2ccnc([N+](=O)[O-])c2)C1.CC#CC(=O)O.N[C@@H]1CCCN(c2ccnc([N+](=O)[O-])c2)C1. The molecule has 0 saturated carbocycles. The summed E-state index contributed by atoms with van der Waals surface area (Å²) in [5.41, 5.74) is 7.49. The fourth-order valence-electron chi connectivity index (χ4n) is 4.68. The summed E-state index contributed by atoms with van der Waals surface area (Å²) in [6.45, 7) is 6.34. The topological polar surface area (TPSA) is 199 Å². The Morgan fingerprint density at radius 1 is 0.932 bits per heavy atom. The Hall–Kier alpha value is -5.08. The van der Waals surface area contributed by atoms with Crippen LogP contribution in [0.1, 0.15) is 53.4 Å². The van der Waals surface area contributed by atoms with Crippen molar-refractivity contribution in [1.29, 1.82) is 0 Å². The minimum Gasteiger partial charge on any atom is -0.472 e. The van der Waals surface area contributed by atoms with Gasteiger partial charge in [-0.15, -0.1) is 0 Å². The first-order valence-electron chi connectivity index (χ1n) is 13.6. The predicted molar refractivity (Wildman–Crippen MR) is 167 cm³/mol. The zero-order valence-corrected chi connectivity index (χ0v) is 24.1. The number of pyridine rings is 2. The number of aromatic nitrogens is 2. The Morgan fingerprint density at radius 3 is 1.86 bits per heavy atom. The lowest BCUT2D eigenvalue weighted by Gasteiger charge is -2.33. The molecule has 2 atom stereocenters. The van der Waals surface area contributed by atoms with Crippen LogP contribution >= 0.6 is 0 Å². The van der Waals surface area contributed by atoms with E-state index in [2.05, 4.69) is 37.5 Å². The summed E-state index contributed by atoms with van der Waals surface area (Å²) in [4.78, 5) is 53.0. The average Bonchev–Trinajstić information content (AvgIpc) is 2.98. The van der Waals surface area contributed by atoms with E-state index in [0.717, 1.165) is 63.2 Å². The van der Waals surface area contributed by atoms with E-state index in [9.17, 15) is 29.8 Å². The molecule has 14 heteroatoms. The van der Waals surface area contributed by atoms with E-state index in [1.807, 2.05) is 5.92 Å². The zero-order valence-electron chi connectivity index (χ0n) is 24.1. The van der Waals surface area contributed by atoms with E-state index in [0.29, 0.717) is 6.42 Å². The lowest BCUT2D eigenvalue weighted by Crippen LogP contribution is -2.42. The highest BCUT2D eigenvalue weighted by atomic mass is 16.6. The quantitative estimate of drug-likeness (QED) is 0.208. The molecule has 2 saturated heterocycles. The van der Waals surface area contributed by atoms with Crippen LogP contribution in [0.2, 0.25) is 0 Å².